The van der Waals surface area contributed by atoms with E-state index in [9.17, 15) is 10.2 Å². The first-order valence-electron chi connectivity index (χ1n) is 4.13. The molecule has 0 bridgehead atoms. The molecule has 0 aliphatic rings. The van der Waals surface area contributed by atoms with Crippen LogP contribution in [0.15, 0.2) is 18.2 Å². The van der Waals surface area contributed by atoms with Crippen molar-refractivity contribution in [3.63, 3.8) is 0 Å². The molecule has 5 N–H and O–H groups in total. The smallest absolute Gasteiger partial charge is 0.186 e. The summed E-state index contributed by atoms with van der Waals surface area (Å²) < 4.78 is 4.70. The highest BCUT2D eigenvalue weighted by molar-refractivity contribution is 5.42. The lowest BCUT2D eigenvalue weighted by Gasteiger charge is -2.10. The van der Waals surface area contributed by atoms with Crippen LogP contribution in [0.2, 0.25) is 0 Å². The molecule has 5 heteroatoms. The molecule has 0 radical (unpaired) electrons. The molecule has 5 nitrogen and oxygen atoms in total. The predicted molar refractivity (Wildman–Crippen MR) is 49.8 cm³/mol. The van der Waals surface area contributed by atoms with Gasteiger partial charge in [-0.15, -0.1) is 0 Å². The fourth-order valence-electron chi connectivity index (χ4n) is 1.07. The first-order valence-corrected chi connectivity index (χ1v) is 4.13. The largest absolute Gasteiger partial charge is 0.504 e. The number of phenols is 1. The monoisotopic (exact) mass is 199 g/mol. The van der Waals surface area contributed by atoms with Crippen molar-refractivity contribution in [1.82, 2.24) is 0 Å². The van der Waals surface area contributed by atoms with E-state index in [0.717, 1.165) is 0 Å². The summed E-state index contributed by atoms with van der Waals surface area (Å²) in [5.41, 5.74) is 5.76. The number of hydrogen-bond donors (Lipinski definition) is 4. The summed E-state index contributed by atoms with van der Waals surface area (Å²) in [4.78, 5) is 0. The van der Waals surface area contributed by atoms with Gasteiger partial charge in [-0.1, -0.05) is 6.07 Å². The Morgan fingerprint density at radius 3 is 2.64 bits per heavy atom. The fourth-order valence-corrected chi connectivity index (χ4v) is 1.07. The molecular formula is C9H13NO4. The Balaban J connectivity index is 2.88. The molecule has 0 amide bonds. The Morgan fingerprint density at radius 2 is 2.14 bits per heavy atom. The molecule has 0 aliphatic carbocycles. The topological polar surface area (TPSA) is 95.9 Å². The molecule has 0 aromatic heterocycles. The molecular weight excluding hydrogens is 186 g/mol. The van der Waals surface area contributed by atoms with Gasteiger partial charge in [0.1, 0.15) is 0 Å². The van der Waals surface area contributed by atoms with Crippen LogP contribution in [-0.4, -0.2) is 28.7 Å². The Kier molecular flexibility index (Phi) is 3.70. The highest BCUT2D eigenvalue weighted by Crippen LogP contribution is 2.28. The second-order valence-corrected chi connectivity index (χ2v) is 2.75. The Bertz CT molecular complexity index is 303. The SMILES string of the molecule is NC[C@@H](O)c1ccc(OCO)c(O)c1. The number of aliphatic hydroxyl groups is 2. The number of ether oxygens (including phenoxy) is 1. The van der Waals surface area contributed by atoms with Crippen molar-refractivity contribution < 1.29 is 20.1 Å². The third-order valence-electron chi connectivity index (χ3n) is 1.81. The number of nitrogens with two attached hydrogens (primary N) is 1. The van der Waals surface area contributed by atoms with E-state index in [1.54, 1.807) is 6.07 Å². The maximum Gasteiger partial charge on any atom is 0.186 e. The summed E-state index contributed by atoms with van der Waals surface area (Å²) in [6, 6.07) is 4.38. The molecule has 0 saturated heterocycles. The molecule has 1 aromatic rings. The van der Waals surface area contributed by atoms with Crippen molar-refractivity contribution in [2.24, 2.45) is 5.73 Å². The third-order valence-corrected chi connectivity index (χ3v) is 1.81. The summed E-state index contributed by atoms with van der Waals surface area (Å²) in [6.45, 7) is -0.425. The van der Waals surface area contributed by atoms with Crippen LogP contribution in [0.4, 0.5) is 0 Å². The molecule has 0 spiro atoms. The van der Waals surface area contributed by atoms with E-state index in [1.807, 2.05) is 0 Å². The maximum absolute atomic E-state index is 9.38. The molecule has 78 valence electrons. The van der Waals surface area contributed by atoms with Gasteiger partial charge in [0.05, 0.1) is 6.10 Å². The maximum atomic E-state index is 9.38. The minimum Gasteiger partial charge on any atom is -0.504 e. The van der Waals surface area contributed by atoms with Crippen LogP contribution in [0.5, 0.6) is 11.5 Å². The first kappa shape index (κ1) is 10.8. The van der Waals surface area contributed by atoms with Gasteiger partial charge in [-0.3, -0.25) is 0 Å². The van der Waals surface area contributed by atoms with E-state index < -0.39 is 12.9 Å². The van der Waals surface area contributed by atoms with Crippen molar-refractivity contribution in [2.75, 3.05) is 13.3 Å². The van der Waals surface area contributed by atoms with Crippen LogP contribution >= 0.6 is 0 Å². The Morgan fingerprint density at radius 1 is 1.43 bits per heavy atom. The molecule has 0 fully saturated rings. The lowest BCUT2D eigenvalue weighted by Crippen LogP contribution is -2.11. The first-order chi connectivity index (χ1) is 6.69. The molecule has 1 aromatic carbocycles. The molecule has 14 heavy (non-hydrogen) atoms. The zero-order valence-corrected chi connectivity index (χ0v) is 7.55. The number of phenolic OH excluding ortho intramolecular Hbond substituents is 1. The third kappa shape index (κ3) is 2.35. The van der Waals surface area contributed by atoms with E-state index in [-0.39, 0.29) is 18.0 Å². The van der Waals surface area contributed by atoms with Crippen LogP contribution in [0.1, 0.15) is 11.7 Å². The minimum absolute atomic E-state index is 0.0830. The van der Waals surface area contributed by atoms with Crippen LogP contribution in [-0.2, 0) is 0 Å². The van der Waals surface area contributed by atoms with Gasteiger partial charge in [0.15, 0.2) is 18.3 Å². The van der Waals surface area contributed by atoms with Crippen LogP contribution in [0.25, 0.3) is 0 Å². The van der Waals surface area contributed by atoms with E-state index in [2.05, 4.69) is 0 Å². The van der Waals surface area contributed by atoms with Gasteiger partial charge in [-0.2, -0.15) is 0 Å². The summed E-state index contributed by atoms with van der Waals surface area (Å²) in [5.74, 6) is 0.0320. The standard InChI is InChI=1S/C9H13NO4/c10-4-8(13)6-1-2-9(14-5-11)7(12)3-6/h1-3,8,11-13H,4-5,10H2/t8-/m1/s1. The highest BCUT2D eigenvalue weighted by atomic mass is 16.6. The van der Waals surface area contributed by atoms with Gasteiger partial charge >= 0.3 is 0 Å². The molecule has 0 heterocycles. The average Bonchev–Trinajstić information content (AvgIpc) is 2.20. The summed E-state index contributed by atoms with van der Waals surface area (Å²) in [7, 11) is 0. The van der Waals surface area contributed by atoms with E-state index in [0.29, 0.717) is 5.56 Å². The summed E-state index contributed by atoms with van der Waals surface area (Å²) in [6.07, 6.45) is -0.802. The lowest BCUT2D eigenvalue weighted by atomic mass is 10.1. The van der Waals surface area contributed by atoms with Crippen LogP contribution in [0.3, 0.4) is 0 Å². The molecule has 1 rings (SSSR count). The molecule has 0 saturated carbocycles. The number of aliphatic hydroxyl groups excluding tert-OH is 2. The van der Waals surface area contributed by atoms with Crippen LogP contribution < -0.4 is 10.5 Å². The normalized spacial score (nSPS) is 12.5. The zero-order chi connectivity index (χ0) is 10.6. The van der Waals surface area contributed by atoms with Gasteiger partial charge in [0.2, 0.25) is 0 Å². The highest BCUT2D eigenvalue weighted by Gasteiger charge is 2.08. The second kappa shape index (κ2) is 4.80. The van der Waals surface area contributed by atoms with Crippen molar-refractivity contribution in [1.29, 1.82) is 0 Å². The van der Waals surface area contributed by atoms with E-state index in [4.69, 9.17) is 15.6 Å². The number of benzene rings is 1. The quantitative estimate of drug-likeness (QED) is 0.500. The second-order valence-electron chi connectivity index (χ2n) is 2.75. The minimum atomic E-state index is -0.802. The van der Waals surface area contributed by atoms with Crippen molar-refractivity contribution in [3.8, 4) is 11.5 Å². The average molecular weight is 199 g/mol. The van der Waals surface area contributed by atoms with Gasteiger partial charge in [0.25, 0.3) is 0 Å². The number of hydrogen-bond acceptors (Lipinski definition) is 5. The van der Waals surface area contributed by atoms with E-state index in [1.165, 1.54) is 12.1 Å². The van der Waals surface area contributed by atoms with Gasteiger partial charge in [-0.25, -0.2) is 0 Å². The van der Waals surface area contributed by atoms with Crippen molar-refractivity contribution in [2.45, 2.75) is 6.10 Å². The van der Waals surface area contributed by atoms with Gasteiger partial charge < -0.3 is 25.8 Å². The Labute approximate surface area is 81.4 Å². The van der Waals surface area contributed by atoms with Crippen molar-refractivity contribution in [3.05, 3.63) is 23.8 Å². The summed E-state index contributed by atoms with van der Waals surface area (Å²) >= 11 is 0. The Hall–Kier alpha value is -1.30. The molecule has 1 atom stereocenters. The lowest BCUT2D eigenvalue weighted by molar-refractivity contribution is 0.0954. The predicted octanol–water partition coefficient (Wildman–Crippen LogP) is -0.287. The fraction of sp³-hybridized carbons (Fsp3) is 0.333. The van der Waals surface area contributed by atoms with E-state index >= 15 is 0 Å². The van der Waals surface area contributed by atoms with Crippen molar-refractivity contribution >= 4 is 0 Å². The number of rotatable bonds is 4. The zero-order valence-electron chi connectivity index (χ0n) is 7.55. The van der Waals surface area contributed by atoms with Gasteiger partial charge in [0, 0.05) is 6.54 Å². The number of aromatic hydroxyl groups is 1. The van der Waals surface area contributed by atoms with Gasteiger partial charge in [-0.05, 0) is 17.7 Å². The molecule has 0 unspecified atom stereocenters. The summed E-state index contributed by atoms with van der Waals surface area (Å²) in [5, 5.41) is 27.2. The molecule has 0 aliphatic heterocycles. The van der Waals surface area contributed by atoms with Crippen LogP contribution in [0, 0.1) is 0 Å².